The Kier molecular flexibility index (Phi) is 3.53. The van der Waals surface area contributed by atoms with Crippen LogP contribution < -0.4 is 0 Å². The van der Waals surface area contributed by atoms with Crippen molar-refractivity contribution in [3.63, 3.8) is 0 Å². The molecule has 1 aromatic carbocycles. The number of aromatic carboxylic acids is 1. The first-order chi connectivity index (χ1) is 8.00. The smallest absolute Gasteiger partial charge is 0.357 e. The summed E-state index contributed by atoms with van der Waals surface area (Å²) in [5.74, 6) is -1.01. The van der Waals surface area contributed by atoms with Gasteiger partial charge in [-0.25, -0.2) is 9.48 Å². The fourth-order valence-corrected chi connectivity index (χ4v) is 2.43. The van der Waals surface area contributed by atoms with E-state index in [-0.39, 0.29) is 5.69 Å². The molecule has 0 spiro atoms. The lowest BCUT2D eigenvalue weighted by Crippen LogP contribution is -2.02. The number of carboxylic acid groups (broad SMARTS) is 1. The standard InChI is InChI=1S/C11H8BrIN2O2/c1-6-9(13)10(11(16)17)14-15(6)8-4-2-3-7(12)5-8/h2-5H,1H3,(H,16,17). The van der Waals surface area contributed by atoms with E-state index in [4.69, 9.17) is 5.11 Å². The zero-order chi connectivity index (χ0) is 12.6. The normalized spacial score (nSPS) is 10.5. The van der Waals surface area contributed by atoms with Crippen molar-refractivity contribution < 1.29 is 9.90 Å². The fraction of sp³-hybridized carbons (Fsp3) is 0.0909. The SMILES string of the molecule is Cc1c(I)c(C(=O)O)nn1-c1cccc(Br)c1. The van der Waals surface area contributed by atoms with Gasteiger partial charge in [0.1, 0.15) is 0 Å². The van der Waals surface area contributed by atoms with E-state index >= 15 is 0 Å². The highest BCUT2D eigenvalue weighted by atomic mass is 127. The van der Waals surface area contributed by atoms with Crippen molar-refractivity contribution in [2.45, 2.75) is 6.92 Å². The van der Waals surface area contributed by atoms with Crippen LogP contribution in [-0.2, 0) is 0 Å². The molecule has 0 aliphatic carbocycles. The maximum absolute atomic E-state index is 11.0. The lowest BCUT2D eigenvalue weighted by Gasteiger charge is -2.04. The van der Waals surface area contributed by atoms with Crippen molar-refractivity contribution >= 4 is 44.5 Å². The maximum Gasteiger partial charge on any atom is 0.357 e. The second-order valence-corrected chi connectivity index (χ2v) is 5.44. The molecule has 1 aromatic heterocycles. The molecule has 4 nitrogen and oxygen atoms in total. The van der Waals surface area contributed by atoms with Crippen LogP contribution in [0.3, 0.4) is 0 Å². The summed E-state index contributed by atoms with van der Waals surface area (Å²) in [6.07, 6.45) is 0. The molecule has 2 aromatic rings. The van der Waals surface area contributed by atoms with E-state index in [1.807, 2.05) is 53.8 Å². The van der Waals surface area contributed by atoms with Gasteiger partial charge in [0.15, 0.2) is 5.69 Å². The highest BCUT2D eigenvalue weighted by molar-refractivity contribution is 14.1. The van der Waals surface area contributed by atoms with Crippen molar-refractivity contribution in [2.24, 2.45) is 0 Å². The number of carboxylic acids is 1. The van der Waals surface area contributed by atoms with Crippen molar-refractivity contribution in [3.05, 3.63) is 43.7 Å². The van der Waals surface area contributed by atoms with Crippen LogP contribution in [0.2, 0.25) is 0 Å². The molecule has 1 heterocycles. The number of nitrogens with zero attached hydrogens (tertiary/aromatic N) is 2. The summed E-state index contributed by atoms with van der Waals surface area (Å²) >= 11 is 5.38. The zero-order valence-corrected chi connectivity index (χ0v) is 12.6. The van der Waals surface area contributed by atoms with Gasteiger partial charge in [-0.1, -0.05) is 22.0 Å². The highest BCUT2D eigenvalue weighted by Crippen LogP contribution is 2.22. The Hall–Kier alpha value is -0.890. The van der Waals surface area contributed by atoms with Gasteiger partial charge in [0.25, 0.3) is 0 Å². The third kappa shape index (κ3) is 2.37. The molecule has 6 heteroatoms. The second kappa shape index (κ2) is 4.77. The van der Waals surface area contributed by atoms with Crippen LogP contribution in [0.1, 0.15) is 16.2 Å². The van der Waals surface area contributed by atoms with Gasteiger partial charge in [0, 0.05) is 4.47 Å². The highest BCUT2D eigenvalue weighted by Gasteiger charge is 2.18. The number of aromatic nitrogens is 2. The molecule has 0 aliphatic rings. The molecule has 1 N–H and O–H groups in total. The number of halogens is 2. The van der Waals surface area contributed by atoms with E-state index in [1.165, 1.54) is 0 Å². The summed E-state index contributed by atoms with van der Waals surface area (Å²) in [5.41, 5.74) is 1.74. The van der Waals surface area contributed by atoms with Crippen LogP contribution in [0.5, 0.6) is 0 Å². The Morgan fingerprint density at radius 3 is 2.76 bits per heavy atom. The monoisotopic (exact) mass is 406 g/mol. The summed E-state index contributed by atoms with van der Waals surface area (Å²) < 4.78 is 3.22. The molecule has 0 amide bonds. The van der Waals surface area contributed by atoms with Gasteiger partial charge in [-0.3, -0.25) is 0 Å². The summed E-state index contributed by atoms with van der Waals surface area (Å²) in [5, 5.41) is 13.1. The van der Waals surface area contributed by atoms with Gasteiger partial charge in [-0.2, -0.15) is 5.10 Å². The average molecular weight is 407 g/mol. The first-order valence-corrected chi connectivity index (χ1v) is 6.62. The molecule has 0 saturated carbocycles. The van der Waals surface area contributed by atoms with Crippen molar-refractivity contribution in [3.8, 4) is 5.69 Å². The van der Waals surface area contributed by atoms with E-state index in [2.05, 4.69) is 21.0 Å². The van der Waals surface area contributed by atoms with Crippen molar-refractivity contribution in [1.82, 2.24) is 9.78 Å². The minimum atomic E-state index is -1.01. The Morgan fingerprint density at radius 2 is 2.24 bits per heavy atom. The van der Waals surface area contributed by atoms with E-state index < -0.39 is 5.97 Å². The van der Waals surface area contributed by atoms with Crippen LogP contribution in [0, 0.1) is 10.5 Å². The van der Waals surface area contributed by atoms with Gasteiger partial charge in [-0.15, -0.1) is 0 Å². The van der Waals surface area contributed by atoms with Crippen molar-refractivity contribution in [1.29, 1.82) is 0 Å². The molecule has 88 valence electrons. The van der Waals surface area contributed by atoms with Crippen LogP contribution in [0.15, 0.2) is 28.7 Å². The summed E-state index contributed by atoms with van der Waals surface area (Å²) in [6, 6.07) is 7.56. The molecule has 0 saturated heterocycles. The molecule has 0 aliphatic heterocycles. The predicted octanol–water partition coefficient (Wildman–Crippen LogP) is 3.25. The first kappa shape index (κ1) is 12.6. The van der Waals surface area contributed by atoms with E-state index in [1.54, 1.807) is 4.68 Å². The van der Waals surface area contributed by atoms with Crippen LogP contribution in [-0.4, -0.2) is 20.9 Å². The van der Waals surface area contributed by atoms with Gasteiger partial charge >= 0.3 is 5.97 Å². The molecular formula is C11H8BrIN2O2. The van der Waals surface area contributed by atoms with E-state index in [0.717, 1.165) is 15.9 Å². The number of carbonyl (C=O) groups is 1. The minimum absolute atomic E-state index is 0.0862. The molecule has 0 atom stereocenters. The van der Waals surface area contributed by atoms with Gasteiger partial charge in [0.2, 0.25) is 0 Å². The van der Waals surface area contributed by atoms with Crippen LogP contribution in [0.25, 0.3) is 5.69 Å². The van der Waals surface area contributed by atoms with Crippen LogP contribution in [0.4, 0.5) is 0 Å². The lowest BCUT2D eigenvalue weighted by atomic mass is 10.3. The quantitative estimate of drug-likeness (QED) is 0.779. The summed E-state index contributed by atoms with van der Waals surface area (Å²) in [6.45, 7) is 1.85. The third-order valence-corrected chi connectivity index (χ3v) is 4.08. The molecule has 17 heavy (non-hydrogen) atoms. The predicted molar refractivity (Wildman–Crippen MR) is 75.7 cm³/mol. The van der Waals surface area contributed by atoms with E-state index in [9.17, 15) is 4.79 Å². The topological polar surface area (TPSA) is 55.1 Å². The number of benzene rings is 1. The van der Waals surface area contributed by atoms with Gasteiger partial charge in [-0.05, 0) is 47.7 Å². The molecule has 2 rings (SSSR count). The fourth-order valence-electron chi connectivity index (χ4n) is 1.48. The first-order valence-electron chi connectivity index (χ1n) is 4.75. The number of hydrogen-bond acceptors (Lipinski definition) is 2. The number of hydrogen-bond donors (Lipinski definition) is 1. The summed E-state index contributed by atoms with van der Waals surface area (Å²) in [7, 11) is 0. The minimum Gasteiger partial charge on any atom is -0.476 e. The maximum atomic E-state index is 11.0. The van der Waals surface area contributed by atoms with Crippen molar-refractivity contribution in [2.75, 3.05) is 0 Å². The molecule has 0 bridgehead atoms. The van der Waals surface area contributed by atoms with Crippen LogP contribution >= 0.6 is 38.5 Å². The Morgan fingerprint density at radius 1 is 1.53 bits per heavy atom. The Labute approximate surface area is 120 Å². The molecule has 0 fully saturated rings. The van der Waals surface area contributed by atoms with Gasteiger partial charge in [0.05, 0.1) is 15.0 Å². The Bertz CT molecular complexity index is 595. The number of rotatable bonds is 2. The zero-order valence-electron chi connectivity index (χ0n) is 8.82. The summed E-state index contributed by atoms with van der Waals surface area (Å²) in [4.78, 5) is 11.0. The third-order valence-electron chi connectivity index (χ3n) is 2.30. The van der Waals surface area contributed by atoms with E-state index in [0.29, 0.717) is 3.57 Å². The Balaban J connectivity index is 2.61. The largest absolute Gasteiger partial charge is 0.476 e. The average Bonchev–Trinajstić information content (AvgIpc) is 2.56. The molecule has 0 radical (unpaired) electrons. The second-order valence-electron chi connectivity index (χ2n) is 3.44. The molecule has 0 unspecified atom stereocenters. The molecular weight excluding hydrogens is 399 g/mol. The lowest BCUT2D eigenvalue weighted by molar-refractivity contribution is 0.0689. The van der Waals surface area contributed by atoms with Gasteiger partial charge < -0.3 is 5.11 Å².